The van der Waals surface area contributed by atoms with Gasteiger partial charge >= 0.3 is 5.97 Å². The third-order valence-corrected chi connectivity index (χ3v) is 15.3. The van der Waals surface area contributed by atoms with Crippen molar-refractivity contribution < 1.29 is 63.0 Å². The van der Waals surface area contributed by atoms with Gasteiger partial charge in [-0.2, -0.15) is 0 Å². The van der Waals surface area contributed by atoms with Crippen LogP contribution < -0.4 is 0 Å². The Morgan fingerprint density at radius 3 is 2.30 bits per heavy atom. The van der Waals surface area contributed by atoms with E-state index in [0.29, 0.717) is 62.5 Å². The maximum Gasteiger partial charge on any atom is 0.329 e. The predicted octanol–water partition coefficient (Wildman–Crippen LogP) is 6.81. The van der Waals surface area contributed by atoms with Crippen LogP contribution in [0.1, 0.15) is 141 Å². The van der Waals surface area contributed by atoms with Gasteiger partial charge in [-0.3, -0.25) is 19.2 Å². The Labute approximate surface area is 398 Å². The number of esters is 1. The number of aliphatic hydroxyl groups excluding tert-OH is 1. The fourth-order valence-corrected chi connectivity index (χ4v) is 11.1. The van der Waals surface area contributed by atoms with Gasteiger partial charge in [-0.25, -0.2) is 4.79 Å². The molecule has 14 unspecified atom stereocenters. The number of methoxy groups -OCH3 is 3. The summed E-state index contributed by atoms with van der Waals surface area (Å²) in [6.07, 6.45) is 3.50. The number of piperidine rings is 1. The molecule has 4 aliphatic rings. The Morgan fingerprint density at radius 2 is 1.64 bits per heavy atom. The van der Waals surface area contributed by atoms with E-state index in [0.717, 1.165) is 11.1 Å². The lowest BCUT2D eigenvalue weighted by Gasteiger charge is -2.47. The predicted molar refractivity (Wildman–Crippen MR) is 252 cm³/mol. The molecule has 1 amide bonds. The van der Waals surface area contributed by atoms with Crippen molar-refractivity contribution in [1.82, 2.24) is 4.90 Å². The smallest absolute Gasteiger partial charge is 0.329 e. The van der Waals surface area contributed by atoms with Crippen LogP contribution in [-0.2, 0) is 42.9 Å². The number of hydrogen-bond acceptors (Lipinski definition) is 13. The van der Waals surface area contributed by atoms with E-state index < -0.39 is 89.5 Å². The van der Waals surface area contributed by atoms with E-state index in [-0.39, 0.29) is 62.1 Å². The van der Waals surface area contributed by atoms with Gasteiger partial charge in [0, 0.05) is 64.0 Å². The van der Waals surface area contributed by atoms with Crippen molar-refractivity contribution >= 4 is 29.2 Å². The number of hydrogen-bond donors (Lipinski definition) is 3. The van der Waals surface area contributed by atoms with Crippen LogP contribution in [0.25, 0.3) is 0 Å². The summed E-state index contributed by atoms with van der Waals surface area (Å²) >= 11 is 0. The van der Waals surface area contributed by atoms with E-state index in [4.69, 9.17) is 23.7 Å². The van der Waals surface area contributed by atoms with Crippen molar-refractivity contribution in [3.8, 4) is 0 Å². The first-order valence-corrected chi connectivity index (χ1v) is 24.6. The summed E-state index contributed by atoms with van der Waals surface area (Å²) in [6.45, 7) is 13.1. The third-order valence-electron chi connectivity index (χ3n) is 15.3. The first kappa shape index (κ1) is 54.3. The summed E-state index contributed by atoms with van der Waals surface area (Å²) in [5.74, 6) is -7.99. The zero-order valence-electron chi connectivity index (χ0n) is 41.7. The van der Waals surface area contributed by atoms with Gasteiger partial charge < -0.3 is 43.9 Å². The quantitative estimate of drug-likeness (QED) is 0.0959. The van der Waals surface area contributed by atoms with Crippen LogP contribution in [0.4, 0.5) is 0 Å². The third kappa shape index (κ3) is 13.0. The van der Waals surface area contributed by atoms with Gasteiger partial charge in [-0.15, -0.1) is 0 Å². The molecule has 374 valence electrons. The number of Topliss-reactive ketones (excluding diaryl/α,β-unsaturated/α-hetero) is 3. The fraction of sp³-hybridized carbons (Fsp3) is 0.717. The Morgan fingerprint density at radius 1 is 0.940 bits per heavy atom. The van der Waals surface area contributed by atoms with Crippen molar-refractivity contribution in [2.45, 2.75) is 186 Å². The molecular weight excluding hydrogens is 859 g/mol. The monoisotopic (exact) mass is 938 g/mol. The highest BCUT2D eigenvalue weighted by Crippen LogP contribution is 2.41. The minimum Gasteiger partial charge on any atom is -0.456 e. The fourth-order valence-electron chi connectivity index (χ4n) is 11.1. The maximum absolute atomic E-state index is 14.5. The first-order valence-electron chi connectivity index (χ1n) is 24.6. The van der Waals surface area contributed by atoms with E-state index >= 15 is 0 Å². The zero-order valence-corrected chi connectivity index (χ0v) is 41.7. The number of ketones is 3. The van der Waals surface area contributed by atoms with Gasteiger partial charge in [0.1, 0.15) is 24.0 Å². The number of carbonyl (C=O) groups is 5. The summed E-state index contributed by atoms with van der Waals surface area (Å²) in [4.78, 5) is 71.6. The molecule has 3 heterocycles. The van der Waals surface area contributed by atoms with Gasteiger partial charge in [0.25, 0.3) is 11.7 Å². The maximum atomic E-state index is 14.5. The lowest BCUT2D eigenvalue weighted by Crippen LogP contribution is -2.64. The minimum atomic E-state index is -2.53. The Balaban J connectivity index is 1.47. The van der Waals surface area contributed by atoms with Crippen molar-refractivity contribution in [3.63, 3.8) is 0 Å². The molecule has 0 spiro atoms. The molecule has 0 radical (unpaired) electrons. The second-order valence-corrected chi connectivity index (χ2v) is 20.4. The van der Waals surface area contributed by atoms with Crippen molar-refractivity contribution in [2.24, 2.45) is 29.6 Å². The lowest BCUT2D eigenvalue weighted by atomic mass is 9.73. The molecular formula is C53H79NO13. The molecule has 1 aromatic rings. The largest absolute Gasteiger partial charge is 0.456 e. The second-order valence-electron chi connectivity index (χ2n) is 20.4. The number of fused-ring (bicyclic) bond motifs is 3. The summed E-state index contributed by atoms with van der Waals surface area (Å²) in [5, 5.41) is 35.9. The standard InChI is InChI=1S/C53H79NO13/c1-11-38-25-32(3)23-33(4)26-44(63-8)48-45(64-9)28-35(6)53(62,67-48)49(58)50(59)54-22-13-12-17-40(54)51(60)66-47(36(7)42(56)30-43(38)57)34(5)27-37-18-20-52(61,46(29-37)65-10)21-19-41(55)39-16-14-15-31(2)24-39/h14-16,24-25,27,33,35-38,40,42,44-48,56,61-62H,11-13,17-23,26,28-30H2,1-10H3/b32-25+,34-27?. The topological polar surface area (TPSA) is 195 Å². The van der Waals surface area contributed by atoms with Crippen LogP contribution >= 0.6 is 0 Å². The van der Waals surface area contributed by atoms with E-state index in [1.807, 2.05) is 58.0 Å². The highest BCUT2D eigenvalue weighted by atomic mass is 16.7. The van der Waals surface area contributed by atoms with Crippen LogP contribution in [0, 0.1) is 36.5 Å². The lowest BCUT2D eigenvalue weighted by molar-refractivity contribution is -0.302. The van der Waals surface area contributed by atoms with Gasteiger partial charge in [0.05, 0.1) is 30.0 Å². The van der Waals surface area contributed by atoms with E-state index in [1.54, 1.807) is 26.8 Å². The Kier molecular flexibility index (Phi) is 19.3. The molecule has 1 aliphatic carbocycles. The number of ether oxygens (including phenoxy) is 5. The molecule has 3 fully saturated rings. The normalized spacial score (nSPS) is 37.7. The number of aryl methyl sites for hydroxylation is 1. The molecule has 3 N–H and O–H groups in total. The number of amides is 1. The van der Waals surface area contributed by atoms with Gasteiger partial charge in [-0.1, -0.05) is 69.2 Å². The average Bonchev–Trinajstić information content (AvgIpc) is 3.31. The zero-order chi connectivity index (χ0) is 49.4. The van der Waals surface area contributed by atoms with E-state index in [9.17, 15) is 39.3 Å². The molecule has 5 rings (SSSR count). The molecule has 14 heteroatoms. The van der Waals surface area contributed by atoms with Crippen molar-refractivity contribution in [3.05, 3.63) is 58.7 Å². The van der Waals surface area contributed by atoms with Crippen LogP contribution in [0.5, 0.6) is 0 Å². The molecule has 14 nitrogen and oxygen atoms in total. The number of carbonyl (C=O) groups excluding carboxylic acids is 5. The number of benzene rings is 1. The molecule has 14 atom stereocenters. The van der Waals surface area contributed by atoms with Gasteiger partial charge in [0.2, 0.25) is 5.79 Å². The Hall–Kier alpha value is -3.63. The number of aliphatic hydroxyl groups is 3. The van der Waals surface area contributed by atoms with Gasteiger partial charge in [0.15, 0.2) is 5.78 Å². The number of nitrogens with zero attached hydrogens (tertiary/aromatic N) is 1. The van der Waals surface area contributed by atoms with E-state index in [2.05, 4.69) is 0 Å². The molecule has 67 heavy (non-hydrogen) atoms. The highest BCUT2D eigenvalue weighted by Gasteiger charge is 2.57. The molecule has 2 saturated heterocycles. The van der Waals surface area contributed by atoms with E-state index in [1.165, 1.54) is 26.2 Å². The first-order chi connectivity index (χ1) is 31.7. The van der Waals surface area contributed by atoms with Crippen LogP contribution in [0.15, 0.2) is 47.6 Å². The summed E-state index contributed by atoms with van der Waals surface area (Å²) in [6, 6.07) is 6.21. The minimum absolute atomic E-state index is 0.0116. The molecule has 2 bridgehead atoms. The van der Waals surface area contributed by atoms with Crippen LogP contribution in [-0.4, -0.2) is 131 Å². The summed E-state index contributed by atoms with van der Waals surface area (Å²) in [7, 11) is 4.59. The average molecular weight is 938 g/mol. The molecule has 1 aromatic carbocycles. The number of cyclic esters (lactones) is 1. The van der Waals surface area contributed by atoms with Gasteiger partial charge in [-0.05, 0) is 115 Å². The van der Waals surface area contributed by atoms with Crippen LogP contribution in [0.3, 0.4) is 0 Å². The SMILES string of the molecule is CCC1/C=C(\C)CC(C)CC(OC)C2OC(O)(C(=O)C(=O)N3CCCCC3C(=O)OC(C(C)=CC3CCC(O)(CCC(=O)c4cccc(C)c4)C(OC)C3)C(C)C(O)CC1=O)C(C)CC2OC. The molecule has 3 aliphatic heterocycles. The van der Waals surface area contributed by atoms with Crippen LogP contribution in [0.2, 0.25) is 0 Å². The molecule has 0 aromatic heterocycles. The summed E-state index contributed by atoms with van der Waals surface area (Å²) < 4.78 is 30.3. The molecule has 1 saturated carbocycles. The van der Waals surface area contributed by atoms with Crippen molar-refractivity contribution in [1.29, 1.82) is 0 Å². The summed E-state index contributed by atoms with van der Waals surface area (Å²) in [5.41, 5.74) is 1.91. The number of allylic oxidation sites excluding steroid dienone is 3. The second kappa shape index (κ2) is 23.8. The Bertz CT molecular complexity index is 1960. The highest BCUT2D eigenvalue weighted by molar-refractivity contribution is 6.39. The van der Waals surface area contributed by atoms with Crippen molar-refractivity contribution in [2.75, 3.05) is 27.9 Å². The number of rotatable bonds is 10.